The Kier molecular flexibility index (Phi) is 5.87. The van der Waals surface area contributed by atoms with Gasteiger partial charge in [-0.3, -0.25) is 4.79 Å². The number of nitrogens with one attached hydrogen (secondary N) is 2. The molecule has 0 saturated heterocycles. The summed E-state index contributed by atoms with van der Waals surface area (Å²) in [6.07, 6.45) is 0. The highest BCUT2D eigenvalue weighted by Crippen LogP contribution is 2.25. The van der Waals surface area contributed by atoms with Crippen molar-refractivity contribution in [3.05, 3.63) is 63.6 Å². The first-order valence-electron chi connectivity index (χ1n) is 7.04. The van der Waals surface area contributed by atoms with Crippen LogP contribution in [0.4, 0.5) is 0 Å². The topological polar surface area (TPSA) is 75.3 Å². The molecular formula is C16H16Cl2N2O3S. The smallest absolute Gasteiger partial charge is 0.251 e. The number of hydrogen-bond acceptors (Lipinski definition) is 3. The quantitative estimate of drug-likeness (QED) is 0.826. The lowest BCUT2D eigenvalue weighted by Gasteiger charge is -2.15. The fourth-order valence-corrected chi connectivity index (χ4v) is 3.08. The summed E-state index contributed by atoms with van der Waals surface area (Å²) in [6.45, 7) is 1.82. The molecule has 1 amide bonds. The van der Waals surface area contributed by atoms with Crippen LogP contribution < -0.4 is 10.0 Å². The summed E-state index contributed by atoms with van der Waals surface area (Å²) in [4.78, 5) is 12.4. The van der Waals surface area contributed by atoms with Crippen molar-refractivity contribution in [1.29, 1.82) is 0 Å². The Balaban J connectivity index is 2.13. The third-order valence-corrected chi connectivity index (χ3v) is 5.66. The molecule has 1 unspecified atom stereocenters. The molecule has 0 aliphatic heterocycles. The molecule has 0 aromatic heterocycles. The van der Waals surface area contributed by atoms with Gasteiger partial charge in [0.2, 0.25) is 10.0 Å². The first kappa shape index (κ1) is 18.7. The van der Waals surface area contributed by atoms with Crippen LogP contribution in [-0.2, 0) is 10.0 Å². The lowest BCUT2D eigenvalue weighted by molar-refractivity contribution is 0.0940. The molecular weight excluding hydrogens is 371 g/mol. The molecule has 0 radical (unpaired) electrons. The Morgan fingerprint density at radius 1 is 1.04 bits per heavy atom. The number of halogens is 2. The summed E-state index contributed by atoms with van der Waals surface area (Å²) in [7, 11) is -2.20. The van der Waals surface area contributed by atoms with E-state index in [-0.39, 0.29) is 16.8 Å². The van der Waals surface area contributed by atoms with Gasteiger partial charge in [-0.25, -0.2) is 13.1 Å². The second-order valence-electron chi connectivity index (χ2n) is 5.10. The number of hydrogen-bond donors (Lipinski definition) is 2. The fraction of sp³-hybridized carbons (Fsp3) is 0.188. The molecule has 5 nitrogen and oxygen atoms in total. The summed E-state index contributed by atoms with van der Waals surface area (Å²) >= 11 is 11.9. The van der Waals surface area contributed by atoms with Crippen molar-refractivity contribution in [2.75, 3.05) is 7.05 Å². The lowest BCUT2D eigenvalue weighted by atomic mass is 10.1. The Bertz CT molecular complexity index is 852. The van der Waals surface area contributed by atoms with Gasteiger partial charge < -0.3 is 5.32 Å². The van der Waals surface area contributed by atoms with Crippen LogP contribution in [0.5, 0.6) is 0 Å². The molecule has 0 aliphatic carbocycles. The molecule has 0 aliphatic rings. The van der Waals surface area contributed by atoms with Crippen LogP contribution in [0.2, 0.25) is 10.0 Å². The van der Waals surface area contributed by atoms with Crippen molar-refractivity contribution >= 4 is 39.1 Å². The van der Waals surface area contributed by atoms with Gasteiger partial charge in [-0.05, 0) is 55.9 Å². The third-order valence-electron chi connectivity index (χ3n) is 3.49. The second kappa shape index (κ2) is 7.53. The summed E-state index contributed by atoms with van der Waals surface area (Å²) in [6, 6.07) is 10.5. The van der Waals surface area contributed by atoms with E-state index in [4.69, 9.17) is 23.2 Å². The van der Waals surface area contributed by atoms with Gasteiger partial charge in [0.25, 0.3) is 5.91 Å². The van der Waals surface area contributed by atoms with Gasteiger partial charge in [-0.1, -0.05) is 29.3 Å². The van der Waals surface area contributed by atoms with E-state index in [1.807, 2.05) is 6.92 Å². The Morgan fingerprint density at radius 2 is 1.67 bits per heavy atom. The van der Waals surface area contributed by atoms with Gasteiger partial charge >= 0.3 is 0 Å². The number of carbonyl (C=O) groups excluding carboxylic acids is 1. The van der Waals surface area contributed by atoms with E-state index in [1.165, 1.54) is 31.3 Å². The molecule has 24 heavy (non-hydrogen) atoms. The first-order valence-corrected chi connectivity index (χ1v) is 9.28. The highest BCUT2D eigenvalue weighted by atomic mass is 35.5. The summed E-state index contributed by atoms with van der Waals surface area (Å²) in [5.41, 5.74) is 1.17. The van der Waals surface area contributed by atoms with E-state index in [0.717, 1.165) is 5.56 Å². The summed E-state index contributed by atoms with van der Waals surface area (Å²) in [5, 5.41) is 3.68. The predicted octanol–water partition coefficient (Wildman–Crippen LogP) is 3.39. The minimum Gasteiger partial charge on any atom is -0.346 e. The van der Waals surface area contributed by atoms with Crippen LogP contribution in [0.3, 0.4) is 0 Å². The highest BCUT2D eigenvalue weighted by Gasteiger charge is 2.15. The number of carbonyl (C=O) groups is 1. The zero-order valence-electron chi connectivity index (χ0n) is 13.0. The number of benzene rings is 2. The largest absolute Gasteiger partial charge is 0.346 e. The maximum absolute atomic E-state index is 12.3. The summed E-state index contributed by atoms with van der Waals surface area (Å²) in [5.74, 6) is -0.318. The minimum absolute atomic E-state index is 0.0964. The average molecular weight is 387 g/mol. The van der Waals surface area contributed by atoms with E-state index < -0.39 is 10.0 Å². The SMILES string of the molecule is CNS(=O)(=O)c1ccc(C(=O)NC(C)c2ccc(Cl)c(Cl)c2)cc1. The predicted molar refractivity (Wildman–Crippen MR) is 95.0 cm³/mol. The van der Waals surface area contributed by atoms with Gasteiger partial charge in [0, 0.05) is 5.56 Å². The molecule has 0 saturated carbocycles. The van der Waals surface area contributed by atoms with E-state index in [9.17, 15) is 13.2 Å². The fourth-order valence-electron chi connectivity index (χ4n) is 2.05. The number of sulfonamides is 1. The Hall–Kier alpha value is -1.60. The average Bonchev–Trinajstić information content (AvgIpc) is 2.57. The zero-order valence-corrected chi connectivity index (χ0v) is 15.3. The molecule has 8 heteroatoms. The van der Waals surface area contributed by atoms with Crippen molar-refractivity contribution < 1.29 is 13.2 Å². The maximum Gasteiger partial charge on any atom is 0.251 e. The van der Waals surface area contributed by atoms with Gasteiger partial charge in [-0.2, -0.15) is 0 Å². The van der Waals surface area contributed by atoms with Crippen molar-refractivity contribution in [2.45, 2.75) is 17.9 Å². The highest BCUT2D eigenvalue weighted by molar-refractivity contribution is 7.89. The van der Waals surface area contributed by atoms with Crippen molar-refractivity contribution in [2.24, 2.45) is 0 Å². The van der Waals surface area contributed by atoms with Crippen LogP contribution in [0, 0.1) is 0 Å². The van der Waals surface area contributed by atoms with Gasteiger partial charge in [0.05, 0.1) is 21.0 Å². The van der Waals surface area contributed by atoms with Crippen LogP contribution in [0.1, 0.15) is 28.9 Å². The van der Waals surface area contributed by atoms with Gasteiger partial charge in [-0.15, -0.1) is 0 Å². The monoisotopic (exact) mass is 386 g/mol. The van der Waals surface area contributed by atoms with Crippen LogP contribution in [0.15, 0.2) is 47.4 Å². The molecule has 0 fully saturated rings. The first-order chi connectivity index (χ1) is 11.2. The Labute approximate surface area is 151 Å². The van der Waals surface area contributed by atoms with Crippen molar-refractivity contribution in [3.8, 4) is 0 Å². The molecule has 0 heterocycles. The molecule has 1 atom stereocenters. The third kappa shape index (κ3) is 4.27. The molecule has 2 aromatic carbocycles. The maximum atomic E-state index is 12.3. The Morgan fingerprint density at radius 3 is 2.21 bits per heavy atom. The van der Waals surface area contributed by atoms with E-state index in [0.29, 0.717) is 15.6 Å². The van der Waals surface area contributed by atoms with E-state index in [1.54, 1.807) is 18.2 Å². The van der Waals surface area contributed by atoms with Crippen molar-refractivity contribution in [1.82, 2.24) is 10.0 Å². The molecule has 0 spiro atoms. The molecule has 0 bridgehead atoms. The normalized spacial score (nSPS) is 12.7. The van der Waals surface area contributed by atoms with E-state index >= 15 is 0 Å². The molecule has 2 N–H and O–H groups in total. The number of amides is 1. The minimum atomic E-state index is -3.52. The standard InChI is InChI=1S/C16H16Cl2N2O3S/c1-10(12-5-8-14(17)15(18)9-12)20-16(21)11-3-6-13(7-4-11)24(22,23)19-2/h3-10,19H,1-2H3,(H,20,21). The summed E-state index contributed by atoms with van der Waals surface area (Å²) < 4.78 is 25.6. The van der Waals surface area contributed by atoms with Gasteiger partial charge in [0.1, 0.15) is 0 Å². The van der Waals surface area contributed by atoms with Gasteiger partial charge in [0.15, 0.2) is 0 Å². The lowest BCUT2D eigenvalue weighted by Crippen LogP contribution is -2.26. The second-order valence-corrected chi connectivity index (χ2v) is 7.80. The number of rotatable bonds is 5. The zero-order chi connectivity index (χ0) is 17.9. The van der Waals surface area contributed by atoms with Crippen LogP contribution >= 0.6 is 23.2 Å². The molecule has 2 aromatic rings. The molecule has 2 rings (SSSR count). The van der Waals surface area contributed by atoms with E-state index in [2.05, 4.69) is 10.0 Å². The van der Waals surface area contributed by atoms with Crippen LogP contribution in [0.25, 0.3) is 0 Å². The molecule has 128 valence electrons. The van der Waals surface area contributed by atoms with Crippen molar-refractivity contribution in [3.63, 3.8) is 0 Å². The van der Waals surface area contributed by atoms with Crippen LogP contribution in [-0.4, -0.2) is 21.4 Å².